The maximum absolute atomic E-state index is 12.7. The Morgan fingerprint density at radius 1 is 1.11 bits per heavy atom. The lowest BCUT2D eigenvalue weighted by Crippen LogP contribution is -2.24. The maximum Gasteiger partial charge on any atom is 0.416 e. The highest BCUT2D eigenvalue weighted by Crippen LogP contribution is 2.29. The molecule has 2 aromatic carbocycles. The molecular weight excluding hydrogens is 395 g/mol. The SMILES string of the molecule is COc1ccc(CNc2c(Cl)cnn(-c3ccc(C(F)(F)F)cc3)c2=O)cc1. The lowest BCUT2D eigenvalue weighted by molar-refractivity contribution is -0.137. The fourth-order valence-corrected chi connectivity index (χ4v) is 2.69. The zero-order valence-corrected chi connectivity index (χ0v) is 15.4. The highest BCUT2D eigenvalue weighted by molar-refractivity contribution is 6.33. The van der Waals surface area contributed by atoms with Crippen molar-refractivity contribution in [3.8, 4) is 11.4 Å². The molecule has 0 aliphatic carbocycles. The molecule has 28 heavy (non-hydrogen) atoms. The molecule has 0 bridgehead atoms. The predicted molar refractivity (Wildman–Crippen MR) is 100 cm³/mol. The van der Waals surface area contributed by atoms with Crippen LogP contribution in [0, 0.1) is 0 Å². The van der Waals surface area contributed by atoms with Gasteiger partial charge in [0, 0.05) is 6.54 Å². The molecule has 0 radical (unpaired) electrons. The van der Waals surface area contributed by atoms with E-state index in [0.29, 0.717) is 12.3 Å². The van der Waals surface area contributed by atoms with Gasteiger partial charge in [-0.25, -0.2) is 0 Å². The first-order valence-electron chi connectivity index (χ1n) is 8.12. The molecule has 0 atom stereocenters. The smallest absolute Gasteiger partial charge is 0.416 e. The van der Waals surface area contributed by atoms with Crippen molar-refractivity contribution in [3.05, 3.63) is 81.2 Å². The second kappa shape index (κ2) is 7.93. The van der Waals surface area contributed by atoms with Crippen molar-refractivity contribution >= 4 is 17.3 Å². The van der Waals surface area contributed by atoms with Gasteiger partial charge in [0.15, 0.2) is 0 Å². The van der Waals surface area contributed by atoms with E-state index in [9.17, 15) is 18.0 Å². The summed E-state index contributed by atoms with van der Waals surface area (Å²) in [4.78, 5) is 12.7. The minimum Gasteiger partial charge on any atom is -0.497 e. The third-order valence-corrected chi connectivity index (χ3v) is 4.29. The maximum atomic E-state index is 12.7. The van der Waals surface area contributed by atoms with E-state index in [1.54, 1.807) is 19.2 Å². The molecule has 0 unspecified atom stereocenters. The van der Waals surface area contributed by atoms with Gasteiger partial charge in [-0.1, -0.05) is 23.7 Å². The summed E-state index contributed by atoms with van der Waals surface area (Å²) in [6.07, 6.45) is -3.20. The number of halogens is 4. The molecule has 1 N–H and O–H groups in total. The van der Waals surface area contributed by atoms with E-state index in [1.807, 2.05) is 12.1 Å². The molecule has 5 nitrogen and oxygen atoms in total. The highest BCUT2D eigenvalue weighted by Gasteiger charge is 2.30. The summed E-state index contributed by atoms with van der Waals surface area (Å²) in [5, 5.41) is 6.98. The number of rotatable bonds is 5. The Hall–Kier alpha value is -3.00. The van der Waals surface area contributed by atoms with E-state index in [0.717, 1.165) is 22.4 Å². The Kier molecular flexibility index (Phi) is 5.60. The van der Waals surface area contributed by atoms with E-state index >= 15 is 0 Å². The summed E-state index contributed by atoms with van der Waals surface area (Å²) < 4.78 is 44.2. The van der Waals surface area contributed by atoms with Gasteiger partial charge in [0.2, 0.25) is 0 Å². The Labute approximate surface area is 163 Å². The number of methoxy groups -OCH3 is 1. The zero-order valence-electron chi connectivity index (χ0n) is 14.6. The summed E-state index contributed by atoms with van der Waals surface area (Å²) in [5.74, 6) is 0.704. The van der Waals surface area contributed by atoms with Crippen LogP contribution in [-0.2, 0) is 12.7 Å². The first-order chi connectivity index (χ1) is 13.3. The van der Waals surface area contributed by atoms with Crippen molar-refractivity contribution in [1.29, 1.82) is 0 Å². The quantitative estimate of drug-likeness (QED) is 0.673. The van der Waals surface area contributed by atoms with E-state index < -0.39 is 17.3 Å². The summed E-state index contributed by atoms with van der Waals surface area (Å²) in [6.45, 7) is 0.315. The van der Waals surface area contributed by atoms with Gasteiger partial charge in [-0.3, -0.25) is 4.79 Å². The molecular formula is C19H15ClF3N3O2. The molecule has 1 heterocycles. The molecule has 0 saturated heterocycles. The fourth-order valence-electron chi connectivity index (χ4n) is 2.50. The number of hydrogen-bond donors (Lipinski definition) is 1. The van der Waals surface area contributed by atoms with Crippen LogP contribution in [0.2, 0.25) is 5.02 Å². The van der Waals surface area contributed by atoms with Crippen LogP contribution in [0.15, 0.2) is 59.5 Å². The molecule has 3 aromatic rings. The second-order valence-corrected chi connectivity index (χ2v) is 6.24. The van der Waals surface area contributed by atoms with Crippen LogP contribution >= 0.6 is 11.6 Å². The van der Waals surface area contributed by atoms with Crippen LogP contribution in [-0.4, -0.2) is 16.9 Å². The number of nitrogens with zero attached hydrogens (tertiary/aromatic N) is 2. The number of alkyl halides is 3. The molecule has 0 amide bonds. The van der Waals surface area contributed by atoms with Crippen molar-refractivity contribution in [2.24, 2.45) is 0 Å². The van der Waals surface area contributed by atoms with Crippen LogP contribution in [0.1, 0.15) is 11.1 Å². The monoisotopic (exact) mass is 409 g/mol. The standard InChI is InChI=1S/C19H15ClF3N3O2/c1-28-15-8-2-12(3-9-15)10-24-17-16(20)11-25-26(18(17)27)14-6-4-13(5-7-14)19(21,22)23/h2-9,11,24H,10H2,1H3. The predicted octanol–water partition coefficient (Wildman–Crippen LogP) is 4.53. The van der Waals surface area contributed by atoms with Crippen LogP contribution in [0.3, 0.4) is 0 Å². The summed E-state index contributed by atoms with van der Waals surface area (Å²) in [6, 6.07) is 11.4. The lowest BCUT2D eigenvalue weighted by Gasteiger charge is -2.12. The van der Waals surface area contributed by atoms with Crippen molar-refractivity contribution < 1.29 is 17.9 Å². The third kappa shape index (κ3) is 4.28. The van der Waals surface area contributed by atoms with Gasteiger partial charge < -0.3 is 10.1 Å². The van der Waals surface area contributed by atoms with Gasteiger partial charge in [-0.2, -0.15) is 23.0 Å². The number of hydrogen-bond acceptors (Lipinski definition) is 4. The fraction of sp³-hybridized carbons (Fsp3) is 0.158. The first kappa shape index (κ1) is 19.8. The molecule has 0 spiro atoms. The molecule has 146 valence electrons. The van der Waals surface area contributed by atoms with Crippen LogP contribution in [0.5, 0.6) is 5.75 Å². The molecule has 0 saturated carbocycles. The minimum atomic E-state index is -4.46. The molecule has 1 aromatic heterocycles. The van der Waals surface area contributed by atoms with Gasteiger partial charge in [-0.15, -0.1) is 0 Å². The number of anilines is 1. The Balaban J connectivity index is 1.86. The summed E-state index contributed by atoms with van der Waals surface area (Å²) >= 11 is 6.08. The van der Waals surface area contributed by atoms with Gasteiger partial charge in [0.05, 0.1) is 29.6 Å². The van der Waals surface area contributed by atoms with E-state index in [2.05, 4.69) is 10.4 Å². The van der Waals surface area contributed by atoms with E-state index in [4.69, 9.17) is 16.3 Å². The summed E-state index contributed by atoms with van der Waals surface area (Å²) in [5.41, 5.74) is -0.194. The largest absolute Gasteiger partial charge is 0.497 e. The van der Waals surface area contributed by atoms with E-state index in [1.165, 1.54) is 18.3 Å². The molecule has 0 aliphatic rings. The van der Waals surface area contributed by atoms with Crippen LogP contribution in [0.25, 0.3) is 5.69 Å². The molecule has 9 heteroatoms. The average molecular weight is 410 g/mol. The van der Waals surface area contributed by atoms with E-state index in [-0.39, 0.29) is 16.4 Å². The number of benzene rings is 2. The van der Waals surface area contributed by atoms with Crippen molar-refractivity contribution in [1.82, 2.24) is 9.78 Å². The topological polar surface area (TPSA) is 56.1 Å². The van der Waals surface area contributed by atoms with Gasteiger partial charge >= 0.3 is 6.18 Å². The normalized spacial score (nSPS) is 11.3. The Morgan fingerprint density at radius 3 is 2.32 bits per heavy atom. The second-order valence-electron chi connectivity index (χ2n) is 5.83. The highest BCUT2D eigenvalue weighted by atomic mass is 35.5. The lowest BCUT2D eigenvalue weighted by atomic mass is 10.2. The molecule has 0 fully saturated rings. The van der Waals surface area contributed by atoms with Crippen molar-refractivity contribution in [2.75, 3.05) is 12.4 Å². The van der Waals surface area contributed by atoms with Crippen molar-refractivity contribution in [3.63, 3.8) is 0 Å². The minimum absolute atomic E-state index is 0.104. The Bertz CT molecular complexity index is 1020. The van der Waals surface area contributed by atoms with Crippen LogP contribution < -0.4 is 15.6 Å². The number of aromatic nitrogens is 2. The molecule has 0 aliphatic heterocycles. The van der Waals surface area contributed by atoms with Gasteiger partial charge in [0.25, 0.3) is 5.56 Å². The Morgan fingerprint density at radius 2 is 1.75 bits per heavy atom. The number of ether oxygens (including phenoxy) is 1. The zero-order chi connectivity index (χ0) is 20.3. The van der Waals surface area contributed by atoms with Gasteiger partial charge in [-0.05, 0) is 42.0 Å². The van der Waals surface area contributed by atoms with Crippen molar-refractivity contribution in [2.45, 2.75) is 12.7 Å². The van der Waals surface area contributed by atoms with Gasteiger partial charge in [0.1, 0.15) is 11.4 Å². The third-order valence-electron chi connectivity index (χ3n) is 4.00. The molecule has 3 rings (SSSR count). The summed E-state index contributed by atoms with van der Waals surface area (Å²) in [7, 11) is 1.56. The average Bonchev–Trinajstić information content (AvgIpc) is 2.68. The number of nitrogens with one attached hydrogen (secondary N) is 1. The first-order valence-corrected chi connectivity index (χ1v) is 8.49. The van der Waals surface area contributed by atoms with Crippen LogP contribution in [0.4, 0.5) is 18.9 Å².